The Balaban J connectivity index is 1.93. The molecule has 1 fully saturated rings. The van der Waals surface area contributed by atoms with Gasteiger partial charge in [-0.15, -0.1) is 0 Å². The Morgan fingerprint density at radius 2 is 2.12 bits per heavy atom. The first-order chi connectivity index (χ1) is 8.24. The van der Waals surface area contributed by atoms with Crippen LogP contribution in [0.25, 0.3) is 5.65 Å². The van der Waals surface area contributed by atoms with Crippen LogP contribution in [0.15, 0.2) is 24.5 Å². The van der Waals surface area contributed by atoms with Gasteiger partial charge in [-0.1, -0.05) is 0 Å². The highest BCUT2D eigenvalue weighted by Crippen LogP contribution is 2.27. The molecular formula is C13H18N4. The highest BCUT2D eigenvalue weighted by Gasteiger charge is 2.20. The fourth-order valence-corrected chi connectivity index (χ4v) is 2.55. The Kier molecular flexibility index (Phi) is 2.52. The van der Waals surface area contributed by atoms with Crippen molar-refractivity contribution in [3.63, 3.8) is 0 Å². The molecule has 0 radical (unpaired) electrons. The van der Waals surface area contributed by atoms with E-state index in [0.717, 1.165) is 24.4 Å². The molecule has 1 aliphatic heterocycles. The van der Waals surface area contributed by atoms with Gasteiger partial charge in [-0.05, 0) is 45.1 Å². The van der Waals surface area contributed by atoms with Crippen molar-refractivity contribution in [1.82, 2.24) is 14.3 Å². The molecule has 1 saturated heterocycles. The normalized spacial score (nSPS) is 18.9. The average molecular weight is 230 g/mol. The van der Waals surface area contributed by atoms with Crippen molar-refractivity contribution in [2.75, 3.05) is 25.9 Å². The molecule has 0 bridgehead atoms. The second-order valence-corrected chi connectivity index (χ2v) is 4.94. The van der Waals surface area contributed by atoms with Gasteiger partial charge in [0, 0.05) is 18.3 Å². The summed E-state index contributed by atoms with van der Waals surface area (Å²) in [5, 5.41) is 0. The van der Waals surface area contributed by atoms with Crippen molar-refractivity contribution in [3.05, 3.63) is 30.2 Å². The molecule has 0 atom stereocenters. The summed E-state index contributed by atoms with van der Waals surface area (Å²) in [5.74, 6) is 0.588. The van der Waals surface area contributed by atoms with Gasteiger partial charge in [0.15, 0.2) is 5.65 Å². The fourth-order valence-electron chi connectivity index (χ4n) is 2.55. The number of nitrogen functional groups attached to an aromatic ring is 1. The summed E-state index contributed by atoms with van der Waals surface area (Å²) in [6, 6.07) is 3.86. The Bertz CT molecular complexity index is 523. The van der Waals surface area contributed by atoms with Gasteiger partial charge in [-0.2, -0.15) is 0 Å². The Morgan fingerprint density at radius 3 is 2.82 bits per heavy atom. The summed E-state index contributed by atoms with van der Waals surface area (Å²) >= 11 is 0. The van der Waals surface area contributed by atoms with Crippen molar-refractivity contribution < 1.29 is 0 Å². The van der Waals surface area contributed by atoms with Gasteiger partial charge in [0.25, 0.3) is 0 Å². The number of fused-ring (bicyclic) bond motifs is 1. The lowest BCUT2D eigenvalue weighted by Crippen LogP contribution is -2.29. The highest BCUT2D eigenvalue weighted by molar-refractivity contribution is 5.64. The summed E-state index contributed by atoms with van der Waals surface area (Å²) in [4.78, 5) is 7.06. The maximum Gasteiger partial charge on any atom is 0.160 e. The van der Waals surface area contributed by atoms with Crippen LogP contribution in [0.4, 0.5) is 5.69 Å². The van der Waals surface area contributed by atoms with E-state index >= 15 is 0 Å². The third kappa shape index (κ3) is 1.89. The molecule has 3 heterocycles. The zero-order valence-electron chi connectivity index (χ0n) is 10.1. The van der Waals surface area contributed by atoms with Crippen molar-refractivity contribution in [3.8, 4) is 0 Å². The van der Waals surface area contributed by atoms with Gasteiger partial charge in [-0.25, -0.2) is 4.98 Å². The molecule has 90 valence electrons. The highest BCUT2D eigenvalue weighted by atomic mass is 15.1. The van der Waals surface area contributed by atoms with E-state index in [1.165, 1.54) is 18.5 Å². The molecule has 1 aliphatic rings. The van der Waals surface area contributed by atoms with E-state index in [1.807, 2.05) is 22.7 Å². The molecule has 3 rings (SSSR count). The van der Waals surface area contributed by atoms with Crippen LogP contribution in [-0.2, 0) is 0 Å². The predicted octanol–water partition coefficient (Wildman–Crippen LogP) is 1.73. The molecule has 17 heavy (non-hydrogen) atoms. The van der Waals surface area contributed by atoms with Gasteiger partial charge >= 0.3 is 0 Å². The number of imidazole rings is 1. The maximum absolute atomic E-state index is 5.93. The molecule has 2 N–H and O–H groups in total. The van der Waals surface area contributed by atoms with Crippen molar-refractivity contribution in [1.29, 1.82) is 0 Å². The van der Waals surface area contributed by atoms with E-state index in [0.29, 0.717) is 5.92 Å². The van der Waals surface area contributed by atoms with Gasteiger partial charge in [0.05, 0.1) is 11.4 Å². The minimum absolute atomic E-state index is 0.588. The van der Waals surface area contributed by atoms with Gasteiger partial charge in [0.1, 0.15) is 0 Å². The van der Waals surface area contributed by atoms with E-state index in [1.54, 1.807) is 0 Å². The molecule has 2 aromatic rings. The molecule has 2 aromatic heterocycles. The number of nitrogens with two attached hydrogens (primary N) is 1. The van der Waals surface area contributed by atoms with E-state index in [9.17, 15) is 0 Å². The number of nitrogens with zero attached hydrogens (tertiary/aromatic N) is 3. The lowest BCUT2D eigenvalue weighted by Gasteiger charge is -2.27. The number of hydrogen-bond acceptors (Lipinski definition) is 3. The van der Waals surface area contributed by atoms with Crippen LogP contribution in [0.5, 0.6) is 0 Å². The molecule has 0 saturated carbocycles. The van der Waals surface area contributed by atoms with E-state index < -0.39 is 0 Å². The second kappa shape index (κ2) is 4.04. The van der Waals surface area contributed by atoms with Gasteiger partial charge in [0.2, 0.25) is 0 Å². The fraction of sp³-hybridized carbons (Fsp3) is 0.462. The second-order valence-electron chi connectivity index (χ2n) is 4.94. The summed E-state index contributed by atoms with van der Waals surface area (Å²) in [6.07, 6.45) is 6.53. The molecule has 0 spiro atoms. The first kappa shape index (κ1) is 10.6. The van der Waals surface area contributed by atoms with Crippen LogP contribution < -0.4 is 5.73 Å². The smallest absolute Gasteiger partial charge is 0.160 e. The van der Waals surface area contributed by atoms with Crippen LogP contribution in [0.1, 0.15) is 24.5 Å². The molecule has 4 nitrogen and oxygen atoms in total. The molecule has 0 amide bonds. The van der Waals surface area contributed by atoms with Crippen molar-refractivity contribution >= 4 is 11.3 Å². The number of aromatic nitrogens is 2. The largest absolute Gasteiger partial charge is 0.396 e. The van der Waals surface area contributed by atoms with Crippen LogP contribution in [0.3, 0.4) is 0 Å². The minimum Gasteiger partial charge on any atom is -0.396 e. The quantitative estimate of drug-likeness (QED) is 0.811. The lowest BCUT2D eigenvalue weighted by molar-refractivity contribution is 0.253. The zero-order chi connectivity index (χ0) is 11.8. The lowest BCUT2D eigenvalue weighted by atomic mass is 9.94. The molecule has 4 heteroatoms. The Morgan fingerprint density at radius 1 is 1.35 bits per heavy atom. The van der Waals surface area contributed by atoms with Crippen LogP contribution >= 0.6 is 0 Å². The van der Waals surface area contributed by atoms with Crippen LogP contribution in [-0.4, -0.2) is 34.4 Å². The van der Waals surface area contributed by atoms with Crippen LogP contribution in [0.2, 0.25) is 0 Å². The SMILES string of the molecule is CN1CCC(c2cn3cccc(N)c3n2)CC1. The number of rotatable bonds is 1. The predicted molar refractivity (Wildman–Crippen MR) is 69.1 cm³/mol. The number of likely N-dealkylation sites (tertiary alicyclic amines) is 1. The average Bonchev–Trinajstić information content (AvgIpc) is 2.75. The molecule has 0 aromatic carbocycles. The number of anilines is 1. The monoisotopic (exact) mass is 230 g/mol. The maximum atomic E-state index is 5.93. The first-order valence-corrected chi connectivity index (χ1v) is 6.15. The molecular weight excluding hydrogens is 212 g/mol. The number of pyridine rings is 1. The summed E-state index contributed by atoms with van der Waals surface area (Å²) < 4.78 is 2.03. The van der Waals surface area contributed by atoms with Crippen molar-refractivity contribution in [2.24, 2.45) is 0 Å². The Labute approximate surface area is 101 Å². The zero-order valence-corrected chi connectivity index (χ0v) is 10.1. The van der Waals surface area contributed by atoms with Crippen LogP contribution in [0, 0.1) is 0 Å². The number of piperidine rings is 1. The molecule has 0 aliphatic carbocycles. The first-order valence-electron chi connectivity index (χ1n) is 6.15. The van der Waals surface area contributed by atoms with Crippen molar-refractivity contribution in [2.45, 2.75) is 18.8 Å². The van der Waals surface area contributed by atoms with E-state index in [2.05, 4.69) is 23.1 Å². The summed E-state index contributed by atoms with van der Waals surface area (Å²) in [7, 11) is 2.18. The Hall–Kier alpha value is -1.55. The third-order valence-electron chi connectivity index (χ3n) is 3.67. The standard InChI is InChI=1S/C13H18N4/c1-16-7-4-10(5-8-16)12-9-17-6-2-3-11(14)13(17)15-12/h2-3,6,9-10H,4-5,7-8,14H2,1H3. The minimum atomic E-state index is 0.588. The topological polar surface area (TPSA) is 46.6 Å². The number of hydrogen-bond donors (Lipinski definition) is 1. The van der Waals surface area contributed by atoms with Gasteiger partial charge < -0.3 is 15.0 Å². The molecule has 0 unspecified atom stereocenters. The summed E-state index contributed by atoms with van der Waals surface area (Å²) in [5.41, 5.74) is 8.77. The third-order valence-corrected chi connectivity index (χ3v) is 3.67. The van der Waals surface area contributed by atoms with E-state index in [4.69, 9.17) is 5.73 Å². The summed E-state index contributed by atoms with van der Waals surface area (Å²) in [6.45, 7) is 2.32. The van der Waals surface area contributed by atoms with E-state index in [-0.39, 0.29) is 0 Å². The van der Waals surface area contributed by atoms with Gasteiger partial charge in [-0.3, -0.25) is 0 Å².